The number of hydrogen-bond donors (Lipinski definition) is 2. The van der Waals surface area contributed by atoms with Crippen LogP contribution < -0.4 is 0 Å². The number of carbonyl (C=O) groups is 1. The number of H-pyrrole nitrogens is 1. The molecule has 5 nitrogen and oxygen atoms in total. The smallest absolute Gasteiger partial charge is 0.332 e. The van der Waals surface area contributed by atoms with Gasteiger partial charge in [-0.2, -0.15) is 5.10 Å². The number of nitrogens with one attached hydrogen (secondary N) is 1. The van der Waals surface area contributed by atoms with Gasteiger partial charge in [-0.05, 0) is 18.9 Å². The monoisotopic (exact) mass is 221 g/mol. The van der Waals surface area contributed by atoms with Crippen LogP contribution in [0.15, 0.2) is 17.8 Å². The topological polar surface area (TPSA) is 69.2 Å². The molecule has 1 aliphatic heterocycles. The molecule has 2 rings (SSSR count). The van der Waals surface area contributed by atoms with Gasteiger partial charge in [0.25, 0.3) is 0 Å². The molecule has 86 valence electrons. The molecule has 2 N–H and O–H groups in total. The van der Waals surface area contributed by atoms with E-state index in [1.807, 2.05) is 6.92 Å². The fourth-order valence-corrected chi connectivity index (χ4v) is 1.85. The number of aromatic nitrogens is 2. The molecule has 0 unspecified atom stereocenters. The van der Waals surface area contributed by atoms with Crippen molar-refractivity contribution in [3.63, 3.8) is 0 Å². The molecule has 0 aromatic carbocycles. The van der Waals surface area contributed by atoms with Crippen LogP contribution in [0.4, 0.5) is 0 Å². The molecule has 0 atom stereocenters. The quantitative estimate of drug-likeness (QED) is 0.796. The SMILES string of the molecule is Cc1cn[nH]c1CN1CCC=C(C(=O)O)C1. The summed E-state index contributed by atoms with van der Waals surface area (Å²) in [5.74, 6) is -0.814. The van der Waals surface area contributed by atoms with Crippen LogP contribution >= 0.6 is 0 Å². The summed E-state index contributed by atoms with van der Waals surface area (Å²) in [6.07, 6.45) is 4.39. The summed E-state index contributed by atoms with van der Waals surface area (Å²) < 4.78 is 0. The first-order chi connectivity index (χ1) is 7.66. The van der Waals surface area contributed by atoms with Gasteiger partial charge in [-0.3, -0.25) is 10.00 Å². The largest absolute Gasteiger partial charge is 0.478 e. The van der Waals surface area contributed by atoms with Crippen molar-refractivity contribution >= 4 is 5.97 Å². The Hall–Kier alpha value is -1.62. The number of carboxylic acids is 1. The molecule has 0 saturated heterocycles. The Kier molecular flexibility index (Phi) is 3.05. The average Bonchev–Trinajstić information content (AvgIpc) is 2.65. The van der Waals surface area contributed by atoms with Crippen LogP contribution in [-0.4, -0.2) is 39.3 Å². The van der Waals surface area contributed by atoms with Gasteiger partial charge in [-0.15, -0.1) is 0 Å². The molecule has 0 saturated carbocycles. The Labute approximate surface area is 93.8 Å². The summed E-state index contributed by atoms with van der Waals surface area (Å²) in [7, 11) is 0. The lowest BCUT2D eigenvalue weighted by Crippen LogP contribution is -2.32. The molecular weight excluding hydrogens is 206 g/mol. The molecule has 1 aromatic heterocycles. The van der Waals surface area contributed by atoms with Gasteiger partial charge in [0.2, 0.25) is 0 Å². The van der Waals surface area contributed by atoms with Crippen LogP contribution in [0.1, 0.15) is 17.7 Å². The third-order valence-corrected chi connectivity index (χ3v) is 2.82. The predicted molar refractivity (Wildman–Crippen MR) is 58.9 cm³/mol. The molecule has 5 heteroatoms. The van der Waals surface area contributed by atoms with Gasteiger partial charge in [0.15, 0.2) is 0 Å². The fourth-order valence-electron chi connectivity index (χ4n) is 1.85. The Morgan fingerprint density at radius 3 is 3.12 bits per heavy atom. The van der Waals surface area contributed by atoms with Crippen molar-refractivity contribution in [2.45, 2.75) is 19.9 Å². The molecular formula is C11H15N3O2. The van der Waals surface area contributed by atoms with E-state index in [0.717, 1.165) is 30.8 Å². The van der Waals surface area contributed by atoms with Gasteiger partial charge in [0.1, 0.15) is 0 Å². The lowest BCUT2D eigenvalue weighted by molar-refractivity contribution is -0.133. The number of rotatable bonds is 3. The highest BCUT2D eigenvalue weighted by Gasteiger charge is 2.18. The first-order valence-electron chi connectivity index (χ1n) is 5.30. The lowest BCUT2D eigenvalue weighted by atomic mass is 10.1. The van der Waals surface area contributed by atoms with E-state index in [1.165, 1.54) is 0 Å². The van der Waals surface area contributed by atoms with E-state index in [4.69, 9.17) is 5.11 Å². The van der Waals surface area contributed by atoms with Crippen LogP contribution in [0.5, 0.6) is 0 Å². The second kappa shape index (κ2) is 4.49. The summed E-state index contributed by atoms with van der Waals surface area (Å²) in [4.78, 5) is 13.0. The zero-order chi connectivity index (χ0) is 11.5. The fraction of sp³-hybridized carbons (Fsp3) is 0.455. The Balaban J connectivity index is 2.00. The van der Waals surface area contributed by atoms with E-state index in [9.17, 15) is 4.79 Å². The van der Waals surface area contributed by atoms with Crippen molar-refractivity contribution in [3.8, 4) is 0 Å². The Morgan fingerprint density at radius 2 is 2.50 bits per heavy atom. The van der Waals surface area contributed by atoms with Crippen molar-refractivity contribution in [2.24, 2.45) is 0 Å². The van der Waals surface area contributed by atoms with E-state index in [-0.39, 0.29) is 0 Å². The molecule has 0 aliphatic carbocycles. The molecule has 1 aliphatic rings. The highest BCUT2D eigenvalue weighted by atomic mass is 16.4. The second-order valence-corrected chi connectivity index (χ2v) is 4.07. The summed E-state index contributed by atoms with van der Waals surface area (Å²) in [6.45, 7) is 4.14. The minimum atomic E-state index is -0.814. The highest BCUT2D eigenvalue weighted by Crippen LogP contribution is 2.14. The first-order valence-corrected chi connectivity index (χ1v) is 5.30. The predicted octanol–water partition coefficient (Wildman–Crippen LogP) is 0.935. The maximum absolute atomic E-state index is 10.9. The van der Waals surface area contributed by atoms with E-state index >= 15 is 0 Å². The zero-order valence-electron chi connectivity index (χ0n) is 9.23. The number of aryl methyl sites for hydroxylation is 1. The van der Waals surface area contributed by atoms with E-state index in [0.29, 0.717) is 12.1 Å². The van der Waals surface area contributed by atoms with Gasteiger partial charge >= 0.3 is 5.97 Å². The van der Waals surface area contributed by atoms with Crippen LogP contribution in [0, 0.1) is 6.92 Å². The number of aliphatic carboxylic acids is 1. The maximum atomic E-state index is 10.9. The summed E-state index contributed by atoms with van der Waals surface area (Å²) in [5.41, 5.74) is 2.67. The lowest BCUT2D eigenvalue weighted by Gasteiger charge is -2.25. The van der Waals surface area contributed by atoms with Crippen LogP contribution in [0.25, 0.3) is 0 Å². The molecule has 0 fully saturated rings. The molecule has 0 bridgehead atoms. The summed E-state index contributed by atoms with van der Waals surface area (Å²) in [5, 5.41) is 15.8. The Bertz CT molecular complexity index is 423. The van der Waals surface area contributed by atoms with Gasteiger partial charge in [0, 0.05) is 25.2 Å². The van der Waals surface area contributed by atoms with Crippen LogP contribution in [0.2, 0.25) is 0 Å². The average molecular weight is 221 g/mol. The van der Waals surface area contributed by atoms with Crippen molar-refractivity contribution in [1.29, 1.82) is 0 Å². The summed E-state index contributed by atoms with van der Waals surface area (Å²) in [6, 6.07) is 0. The van der Waals surface area contributed by atoms with Crippen molar-refractivity contribution in [1.82, 2.24) is 15.1 Å². The zero-order valence-corrected chi connectivity index (χ0v) is 9.23. The Morgan fingerprint density at radius 1 is 1.69 bits per heavy atom. The van der Waals surface area contributed by atoms with Crippen LogP contribution in [-0.2, 0) is 11.3 Å². The van der Waals surface area contributed by atoms with Crippen molar-refractivity contribution < 1.29 is 9.90 Å². The molecule has 2 heterocycles. The second-order valence-electron chi connectivity index (χ2n) is 4.07. The minimum Gasteiger partial charge on any atom is -0.478 e. The first kappa shape index (κ1) is 10.9. The van der Waals surface area contributed by atoms with Gasteiger partial charge in [0.05, 0.1) is 11.9 Å². The molecule has 0 radical (unpaired) electrons. The molecule has 16 heavy (non-hydrogen) atoms. The third kappa shape index (κ3) is 2.30. The van der Waals surface area contributed by atoms with Crippen molar-refractivity contribution in [2.75, 3.05) is 13.1 Å². The number of nitrogens with zero attached hydrogens (tertiary/aromatic N) is 2. The number of carboxylic acid groups (broad SMARTS) is 1. The van der Waals surface area contributed by atoms with Crippen LogP contribution in [0.3, 0.4) is 0 Å². The maximum Gasteiger partial charge on any atom is 0.332 e. The van der Waals surface area contributed by atoms with Gasteiger partial charge < -0.3 is 5.11 Å². The molecule has 1 aromatic rings. The van der Waals surface area contributed by atoms with E-state index < -0.39 is 5.97 Å². The number of aromatic amines is 1. The standard InChI is InChI=1S/C11H15N3O2/c1-8-5-12-13-10(8)7-14-4-2-3-9(6-14)11(15)16/h3,5H,2,4,6-7H2,1H3,(H,12,13)(H,15,16). The minimum absolute atomic E-state index is 0.489. The molecule has 0 spiro atoms. The van der Waals surface area contributed by atoms with Gasteiger partial charge in [-0.25, -0.2) is 4.79 Å². The van der Waals surface area contributed by atoms with E-state index in [1.54, 1.807) is 12.3 Å². The normalized spacial score (nSPS) is 17.2. The number of hydrogen-bond acceptors (Lipinski definition) is 3. The van der Waals surface area contributed by atoms with Gasteiger partial charge in [-0.1, -0.05) is 6.08 Å². The van der Waals surface area contributed by atoms with E-state index in [2.05, 4.69) is 15.1 Å². The summed E-state index contributed by atoms with van der Waals surface area (Å²) >= 11 is 0. The molecule has 0 amide bonds. The highest BCUT2D eigenvalue weighted by molar-refractivity contribution is 5.87. The van der Waals surface area contributed by atoms with Crippen molar-refractivity contribution in [3.05, 3.63) is 29.1 Å². The third-order valence-electron chi connectivity index (χ3n) is 2.82.